The van der Waals surface area contributed by atoms with Crippen LogP contribution >= 0.6 is 11.6 Å². The van der Waals surface area contributed by atoms with E-state index in [0.717, 1.165) is 28.0 Å². The number of aryl methyl sites for hydroxylation is 1. The molecule has 38 heavy (non-hydrogen) atoms. The van der Waals surface area contributed by atoms with Crippen molar-refractivity contribution in [3.05, 3.63) is 124 Å². The number of ether oxygens (including phenoxy) is 1. The molecule has 0 radical (unpaired) electrons. The zero-order valence-electron chi connectivity index (χ0n) is 20.5. The summed E-state index contributed by atoms with van der Waals surface area (Å²) in [6, 6.07) is 24.9. The van der Waals surface area contributed by atoms with Gasteiger partial charge in [0.15, 0.2) is 5.82 Å². The Bertz CT molecular complexity index is 1540. The van der Waals surface area contributed by atoms with E-state index in [4.69, 9.17) is 16.3 Å². The molecular weight excluding hydrogens is 502 g/mol. The molecule has 1 aromatic heterocycles. The molecule has 2 amide bonds. The molecule has 0 fully saturated rings. The number of hydrogen-bond acceptors (Lipinski definition) is 5. The number of aromatic nitrogens is 3. The van der Waals surface area contributed by atoms with Crippen molar-refractivity contribution < 1.29 is 14.3 Å². The van der Waals surface area contributed by atoms with Crippen molar-refractivity contribution >= 4 is 34.6 Å². The van der Waals surface area contributed by atoms with Crippen LogP contribution in [0.1, 0.15) is 28.3 Å². The summed E-state index contributed by atoms with van der Waals surface area (Å²) in [6.07, 6.45) is 3.27. The van der Waals surface area contributed by atoms with E-state index in [2.05, 4.69) is 21.0 Å². The molecule has 0 bridgehead atoms. The van der Waals surface area contributed by atoms with Gasteiger partial charge in [0, 0.05) is 22.2 Å². The lowest BCUT2D eigenvalue weighted by Gasteiger charge is -2.13. The molecule has 4 aromatic rings. The van der Waals surface area contributed by atoms with Crippen LogP contribution in [0, 0.1) is 6.92 Å². The molecule has 0 atom stereocenters. The number of carbonyl (C=O) groups is 2. The molecule has 1 aliphatic heterocycles. The second-order valence-electron chi connectivity index (χ2n) is 8.60. The Morgan fingerprint density at radius 2 is 1.68 bits per heavy atom. The van der Waals surface area contributed by atoms with Crippen LogP contribution in [-0.2, 0) is 20.9 Å². The smallest absolute Gasteiger partial charge is 0.264 e. The van der Waals surface area contributed by atoms with Gasteiger partial charge < -0.3 is 4.74 Å². The number of carbonyl (C=O) groups excluding carboxylic acids is 2. The second kappa shape index (κ2) is 11.2. The van der Waals surface area contributed by atoms with E-state index in [1.165, 1.54) is 6.08 Å². The number of nitrogens with one attached hydrogen (secondary N) is 2. The third-order valence-electron chi connectivity index (χ3n) is 5.93. The van der Waals surface area contributed by atoms with Crippen molar-refractivity contribution in [2.24, 2.45) is 0 Å². The SMILES string of the molecule is Cc1nnc2n1-c1ccccc1C(c1ccc(Cl)cc1)=C/C2=C\C(=O)NNC(=O)COCc1ccccc1. The molecule has 0 aliphatic carbocycles. The summed E-state index contributed by atoms with van der Waals surface area (Å²) in [5, 5.41) is 9.22. The van der Waals surface area contributed by atoms with E-state index in [-0.39, 0.29) is 6.61 Å². The summed E-state index contributed by atoms with van der Waals surface area (Å²) < 4.78 is 7.32. The summed E-state index contributed by atoms with van der Waals surface area (Å²) in [6.45, 7) is 1.95. The molecule has 2 N–H and O–H groups in total. The first kappa shape index (κ1) is 25.1. The standard InChI is InChI=1S/C29H24ClN5O3/c1-19-31-34-29-22(16-27(36)32-33-28(37)18-38-17-20-7-3-2-4-8-20)15-25(21-11-13-23(30)14-12-21)24-9-5-6-10-26(24)35(19)29/h2-16H,17-18H2,1H3,(H,32,36)(H,33,37)/b22-16+. The van der Waals surface area contributed by atoms with Gasteiger partial charge in [-0.3, -0.25) is 25.0 Å². The number of nitrogens with zero attached hydrogens (tertiary/aromatic N) is 3. The van der Waals surface area contributed by atoms with Crippen molar-refractivity contribution in [2.75, 3.05) is 6.61 Å². The fourth-order valence-electron chi connectivity index (χ4n) is 4.19. The van der Waals surface area contributed by atoms with Crippen molar-refractivity contribution in [2.45, 2.75) is 13.5 Å². The molecule has 0 spiro atoms. The van der Waals surface area contributed by atoms with Gasteiger partial charge >= 0.3 is 0 Å². The summed E-state index contributed by atoms with van der Waals surface area (Å²) in [4.78, 5) is 25.0. The highest BCUT2D eigenvalue weighted by atomic mass is 35.5. The first-order valence-corrected chi connectivity index (χ1v) is 12.3. The number of amides is 2. The van der Waals surface area contributed by atoms with E-state index in [1.54, 1.807) is 0 Å². The fourth-order valence-corrected chi connectivity index (χ4v) is 4.31. The molecule has 2 heterocycles. The minimum atomic E-state index is -0.527. The monoisotopic (exact) mass is 525 g/mol. The molecule has 5 rings (SSSR count). The molecule has 3 aromatic carbocycles. The predicted molar refractivity (Wildman–Crippen MR) is 145 cm³/mol. The molecule has 8 nitrogen and oxygen atoms in total. The molecule has 1 aliphatic rings. The number of halogens is 1. The normalized spacial score (nSPS) is 13.2. The number of rotatable bonds is 6. The van der Waals surface area contributed by atoms with Gasteiger partial charge in [0.2, 0.25) is 0 Å². The number of hydrogen-bond donors (Lipinski definition) is 2. The maximum Gasteiger partial charge on any atom is 0.264 e. The van der Waals surface area contributed by atoms with Crippen LogP contribution in [-0.4, -0.2) is 33.2 Å². The quantitative estimate of drug-likeness (QED) is 0.287. The third-order valence-corrected chi connectivity index (χ3v) is 6.18. The number of hydrazine groups is 1. The Labute approximate surface area is 224 Å². The van der Waals surface area contributed by atoms with Crippen molar-refractivity contribution in [1.29, 1.82) is 0 Å². The van der Waals surface area contributed by atoms with Gasteiger partial charge in [0.05, 0.1) is 12.3 Å². The van der Waals surface area contributed by atoms with Gasteiger partial charge in [-0.25, -0.2) is 0 Å². The molecule has 0 unspecified atom stereocenters. The zero-order chi connectivity index (χ0) is 26.5. The lowest BCUT2D eigenvalue weighted by molar-refractivity contribution is -0.130. The number of para-hydroxylation sites is 1. The predicted octanol–water partition coefficient (Wildman–Crippen LogP) is 4.42. The zero-order valence-corrected chi connectivity index (χ0v) is 21.3. The van der Waals surface area contributed by atoms with Crippen LogP contribution in [0.15, 0.2) is 91.0 Å². The highest BCUT2D eigenvalue weighted by Gasteiger charge is 2.23. The van der Waals surface area contributed by atoms with Gasteiger partial charge in [-0.15, -0.1) is 10.2 Å². The van der Waals surface area contributed by atoms with Crippen LogP contribution in [0.4, 0.5) is 0 Å². The summed E-state index contributed by atoms with van der Waals surface area (Å²) in [5.74, 6) is 0.179. The minimum Gasteiger partial charge on any atom is -0.367 e. The lowest BCUT2D eigenvalue weighted by Crippen LogP contribution is -2.42. The first-order valence-electron chi connectivity index (χ1n) is 11.9. The highest BCUT2D eigenvalue weighted by Crippen LogP contribution is 2.36. The minimum absolute atomic E-state index is 0.199. The van der Waals surface area contributed by atoms with Crippen molar-refractivity contribution in [3.8, 4) is 5.69 Å². The third kappa shape index (κ3) is 5.56. The second-order valence-corrected chi connectivity index (χ2v) is 9.04. The number of fused-ring (bicyclic) bond motifs is 3. The van der Waals surface area contributed by atoms with Crippen LogP contribution in [0.3, 0.4) is 0 Å². The maximum atomic E-state index is 12.9. The number of benzene rings is 3. The Morgan fingerprint density at radius 3 is 2.47 bits per heavy atom. The van der Waals surface area contributed by atoms with E-state index >= 15 is 0 Å². The van der Waals surface area contributed by atoms with Crippen LogP contribution < -0.4 is 10.9 Å². The van der Waals surface area contributed by atoms with Gasteiger partial charge in [-0.1, -0.05) is 72.3 Å². The Kier molecular flexibility index (Phi) is 7.44. The topological polar surface area (TPSA) is 98.1 Å². The van der Waals surface area contributed by atoms with E-state index in [1.807, 2.05) is 96.4 Å². The molecular formula is C29H24ClN5O3. The average Bonchev–Trinajstić information content (AvgIpc) is 3.25. The fraction of sp³-hybridized carbons (Fsp3) is 0.103. The van der Waals surface area contributed by atoms with Gasteiger partial charge in [0.25, 0.3) is 11.8 Å². The lowest BCUT2D eigenvalue weighted by atomic mass is 9.95. The Hall–Kier alpha value is -4.53. The molecule has 190 valence electrons. The molecule has 9 heteroatoms. The Morgan fingerprint density at radius 1 is 0.947 bits per heavy atom. The van der Waals surface area contributed by atoms with Crippen molar-refractivity contribution in [1.82, 2.24) is 25.6 Å². The van der Waals surface area contributed by atoms with E-state index in [9.17, 15) is 9.59 Å². The van der Waals surface area contributed by atoms with Crippen LogP contribution in [0.25, 0.3) is 16.8 Å². The molecule has 0 saturated carbocycles. The van der Waals surface area contributed by atoms with E-state index < -0.39 is 11.8 Å². The van der Waals surface area contributed by atoms with Crippen molar-refractivity contribution in [3.63, 3.8) is 0 Å². The van der Waals surface area contributed by atoms with Gasteiger partial charge in [-0.05, 0) is 47.9 Å². The maximum absolute atomic E-state index is 12.9. The van der Waals surface area contributed by atoms with Crippen LogP contribution in [0.2, 0.25) is 5.02 Å². The van der Waals surface area contributed by atoms with E-state index in [0.29, 0.717) is 28.9 Å². The van der Waals surface area contributed by atoms with Gasteiger partial charge in [0.1, 0.15) is 12.4 Å². The largest absolute Gasteiger partial charge is 0.367 e. The summed E-state index contributed by atoms with van der Waals surface area (Å²) in [5.41, 5.74) is 9.93. The Balaban J connectivity index is 1.38. The first-order chi connectivity index (χ1) is 18.5. The number of allylic oxidation sites excluding steroid dienone is 2. The van der Waals surface area contributed by atoms with Gasteiger partial charge in [-0.2, -0.15) is 0 Å². The summed E-state index contributed by atoms with van der Waals surface area (Å²) in [7, 11) is 0. The highest BCUT2D eigenvalue weighted by molar-refractivity contribution is 6.30. The average molecular weight is 526 g/mol. The summed E-state index contributed by atoms with van der Waals surface area (Å²) >= 11 is 6.13. The van der Waals surface area contributed by atoms with Crippen LogP contribution in [0.5, 0.6) is 0 Å². The molecule has 0 saturated heterocycles.